The normalized spacial score (nSPS) is 12.3. The SMILES string of the molecule is CC(C)CNC(=O)[C@H](C)N(CCc1ccccc1)C(=O)COc1ccccc1C(C)(C)C. The Morgan fingerprint density at radius 3 is 2.22 bits per heavy atom. The van der Waals surface area contributed by atoms with E-state index >= 15 is 0 Å². The van der Waals surface area contributed by atoms with Crippen molar-refractivity contribution in [2.24, 2.45) is 5.92 Å². The van der Waals surface area contributed by atoms with Crippen LogP contribution in [0.1, 0.15) is 52.7 Å². The van der Waals surface area contributed by atoms with Gasteiger partial charge in [0.15, 0.2) is 6.61 Å². The first kappa shape index (κ1) is 25.4. The van der Waals surface area contributed by atoms with Crippen molar-refractivity contribution in [2.75, 3.05) is 19.7 Å². The van der Waals surface area contributed by atoms with E-state index in [-0.39, 0.29) is 23.8 Å². The number of para-hydroxylation sites is 1. The van der Waals surface area contributed by atoms with Gasteiger partial charge in [0, 0.05) is 13.1 Å². The van der Waals surface area contributed by atoms with Crippen molar-refractivity contribution in [1.82, 2.24) is 10.2 Å². The first-order chi connectivity index (χ1) is 15.1. The van der Waals surface area contributed by atoms with Crippen LogP contribution in [0.2, 0.25) is 0 Å². The maximum absolute atomic E-state index is 13.2. The molecule has 0 aromatic heterocycles. The molecular weight excluding hydrogens is 400 g/mol. The van der Waals surface area contributed by atoms with Gasteiger partial charge in [0.25, 0.3) is 5.91 Å². The summed E-state index contributed by atoms with van der Waals surface area (Å²) in [5.41, 5.74) is 2.07. The molecule has 0 saturated carbocycles. The molecule has 0 bridgehead atoms. The summed E-state index contributed by atoms with van der Waals surface area (Å²) < 4.78 is 5.96. The topological polar surface area (TPSA) is 58.6 Å². The highest BCUT2D eigenvalue weighted by Crippen LogP contribution is 2.30. The fraction of sp³-hybridized carbons (Fsp3) is 0.481. The van der Waals surface area contributed by atoms with Crippen LogP contribution in [0, 0.1) is 5.92 Å². The monoisotopic (exact) mass is 438 g/mol. The number of ether oxygens (including phenoxy) is 1. The lowest BCUT2D eigenvalue weighted by Gasteiger charge is -2.29. The Morgan fingerprint density at radius 1 is 0.969 bits per heavy atom. The van der Waals surface area contributed by atoms with Gasteiger partial charge < -0.3 is 15.0 Å². The van der Waals surface area contributed by atoms with Crippen LogP contribution in [0.5, 0.6) is 5.75 Å². The minimum atomic E-state index is -0.577. The third-order valence-corrected chi connectivity index (χ3v) is 5.38. The molecule has 1 N–H and O–H groups in total. The number of rotatable bonds is 10. The first-order valence-corrected chi connectivity index (χ1v) is 11.4. The molecule has 2 aromatic carbocycles. The first-order valence-electron chi connectivity index (χ1n) is 11.4. The van der Waals surface area contributed by atoms with Gasteiger partial charge in [-0.3, -0.25) is 9.59 Å². The van der Waals surface area contributed by atoms with Gasteiger partial charge in [0.05, 0.1) is 0 Å². The molecule has 2 amide bonds. The van der Waals surface area contributed by atoms with Gasteiger partial charge in [-0.1, -0.05) is 83.1 Å². The molecule has 2 aromatic rings. The summed E-state index contributed by atoms with van der Waals surface area (Å²) in [5, 5.41) is 2.94. The molecule has 0 saturated heterocycles. The van der Waals surface area contributed by atoms with Gasteiger partial charge in [-0.2, -0.15) is 0 Å². The lowest BCUT2D eigenvalue weighted by atomic mass is 9.86. The van der Waals surface area contributed by atoms with E-state index in [1.165, 1.54) is 0 Å². The molecule has 0 unspecified atom stereocenters. The van der Waals surface area contributed by atoms with Crippen molar-refractivity contribution in [3.63, 3.8) is 0 Å². The summed E-state index contributed by atoms with van der Waals surface area (Å²) in [6, 6.07) is 17.2. The lowest BCUT2D eigenvalue weighted by Crippen LogP contribution is -2.50. The van der Waals surface area contributed by atoms with Gasteiger partial charge in [-0.15, -0.1) is 0 Å². The maximum Gasteiger partial charge on any atom is 0.261 e. The average Bonchev–Trinajstić information content (AvgIpc) is 2.76. The fourth-order valence-corrected chi connectivity index (χ4v) is 3.46. The summed E-state index contributed by atoms with van der Waals surface area (Å²) in [6.45, 7) is 13.1. The molecule has 0 fully saturated rings. The van der Waals surface area contributed by atoms with Crippen LogP contribution in [0.15, 0.2) is 54.6 Å². The zero-order valence-electron chi connectivity index (χ0n) is 20.4. The van der Waals surface area contributed by atoms with Crippen molar-refractivity contribution in [3.05, 3.63) is 65.7 Å². The molecule has 0 radical (unpaired) electrons. The lowest BCUT2D eigenvalue weighted by molar-refractivity contribution is -0.141. The third-order valence-electron chi connectivity index (χ3n) is 5.38. The number of carbonyl (C=O) groups is 2. The largest absolute Gasteiger partial charge is 0.483 e. The quantitative estimate of drug-likeness (QED) is 0.590. The van der Waals surface area contributed by atoms with Crippen LogP contribution in [-0.4, -0.2) is 42.5 Å². The smallest absolute Gasteiger partial charge is 0.261 e. The van der Waals surface area contributed by atoms with E-state index in [0.717, 1.165) is 11.1 Å². The second-order valence-electron chi connectivity index (χ2n) is 9.67. The summed E-state index contributed by atoms with van der Waals surface area (Å²) in [4.78, 5) is 27.5. The van der Waals surface area contributed by atoms with E-state index < -0.39 is 6.04 Å². The number of amides is 2. The zero-order chi connectivity index (χ0) is 23.7. The number of hydrogen-bond acceptors (Lipinski definition) is 3. The average molecular weight is 439 g/mol. The van der Waals surface area contributed by atoms with E-state index in [4.69, 9.17) is 4.74 Å². The van der Waals surface area contributed by atoms with Gasteiger partial charge >= 0.3 is 0 Å². The summed E-state index contributed by atoms with van der Waals surface area (Å²) in [7, 11) is 0. The van der Waals surface area contributed by atoms with Crippen LogP contribution in [-0.2, 0) is 21.4 Å². The highest BCUT2D eigenvalue weighted by atomic mass is 16.5. The molecule has 32 heavy (non-hydrogen) atoms. The molecule has 5 heteroatoms. The molecule has 0 spiro atoms. The molecular formula is C27H38N2O3. The van der Waals surface area contributed by atoms with E-state index in [0.29, 0.717) is 31.2 Å². The van der Waals surface area contributed by atoms with Crippen molar-refractivity contribution >= 4 is 11.8 Å². The minimum absolute atomic E-state index is 0.101. The van der Waals surface area contributed by atoms with Crippen molar-refractivity contribution < 1.29 is 14.3 Å². The Balaban J connectivity index is 2.13. The number of nitrogens with zero attached hydrogens (tertiary/aromatic N) is 1. The maximum atomic E-state index is 13.2. The van der Waals surface area contributed by atoms with Crippen molar-refractivity contribution in [2.45, 2.75) is 59.4 Å². The predicted octanol–water partition coefficient (Wildman–Crippen LogP) is 4.59. The molecule has 174 valence electrons. The molecule has 0 aliphatic carbocycles. The number of carbonyl (C=O) groups excluding carboxylic acids is 2. The van der Waals surface area contributed by atoms with Crippen LogP contribution in [0.3, 0.4) is 0 Å². The van der Waals surface area contributed by atoms with E-state index in [9.17, 15) is 9.59 Å². The standard InChI is InChI=1S/C27H38N2O3/c1-20(2)18-28-26(31)21(3)29(17-16-22-12-8-7-9-13-22)25(30)19-32-24-15-11-10-14-23(24)27(4,5)6/h7-15,20-21H,16-19H2,1-6H3,(H,28,31)/t21-/m0/s1. The zero-order valence-corrected chi connectivity index (χ0v) is 20.4. The highest BCUT2D eigenvalue weighted by molar-refractivity contribution is 5.88. The van der Waals surface area contributed by atoms with Crippen LogP contribution >= 0.6 is 0 Å². The third kappa shape index (κ3) is 7.70. The Hall–Kier alpha value is -2.82. The van der Waals surface area contributed by atoms with Crippen molar-refractivity contribution in [3.8, 4) is 5.75 Å². The van der Waals surface area contributed by atoms with E-state index in [2.05, 4.69) is 26.1 Å². The minimum Gasteiger partial charge on any atom is -0.483 e. The molecule has 0 aliphatic heterocycles. The molecule has 5 nitrogen and oxygen atoms in total. The summed E-state index contributed by atoms with van der Waals surface area (Å²) in [5.74, 6) is 0.706. The number of hydrogen-bond donors (Lipinski definition) is 1. The fourth-order valence-electron chi connectivity index (χ4n) is 3.46. The van der Waals surface area contributed by atoms with E-state index in [1.54, 1.807) is 11.8 Å². The van der Waals surface area contributed by atoms with Crippen LogP contribution in [0.25, 0.3) is 0 Å². The number of nitrogens with one attached hydrogen (secondary N) is 1. The second-order valence-corrected chi connectivity index (χ2v) is 9.67. The molecule has 2 rings (SSSR count). The molecule has 1 atom stereocenters. The summed E-state index contributed by atoms with van der Waals surface area (Å²) in [6.07, 6.45) is 0.674. The highest BCUT2D eigenvalue weighted by Gasteiger charge is 2.27. The van der Waals surface area contributed by atoms with Gasteiger partial charge in [-0.25, -0.2) is 0 Å². The van der Waals surface area contributed by atoms with Crippen molar-refractivity contribution in [1.29, 1.82) is 0 Å². The Bertz CT molecular complexity index is 872. The van der Waals surface area contributed by atoms with Gasteiger partial charge in [-0.05, 0) is 41.9 Å². The van der Waals surface area contributed by atoms with Gasteiger partial charge in [0.1, 0.15) is 11.8 Å². The Labute approximate surface area is 193 Å². The molecule has 0 heterocycles. The molecule has 0 aliphatic rings. The van der Waals surface area contributed by atoms with Gasteiger partial charge in [0.2, 0.25) is 5.91 Å². The Morgan fingerprint density at radius 2 is 1.59 bits per heavy atom. The van der Waals surface area contributed by atoms with E-state index in [1.807, 2.05) is 68.4 Å². The predicted molar refractivity (Wildman–Crippen MR) is 130 cm³/mol. The van der Waals surface area contributed by atoms with Crippen LogP contribution < -0.4 is 10.1 Å². The summed E-state index contributed by atoms with van der Waals surface area (Å²) >= 11 is 0. The Kier molecular flexibility index (Phi) is 9.30. The second kappa shape index (κ2) is 11.7. The van der Waals surface area contributed by atoms with Crippen LogP contribution in [0.4, 0.5) is 0 Å². The number of benzene rings is 2.